The molecule has 0 bridgehead atoms. The Balaban J connectivity index is 1.79. The van der Waals surface area contributed by atoms with Gasteiger partial charge in [0.25, 0.3) is 0 Å². The maximum atomic E-state index is 11.4. The molecule has 0 spiro atoms. The number of rotatable bonds is 7. The third-order valence-corrected chi connectivity index (χ3v) is 3.12. The standard InChI is InChI=1S/C15H22N2O3/c1-2-16-15(18)10-17-12-5-3-6-13(9-12)20-11-14-7-4-8-19-14/h3,5-6,9,14,17H,2,4,7-8,10-11H2,1H3,(H,16,18). The number of hydrogen-bond acceptors (Lipinski definition) is 4. The van der Waals surface area contributed by atoms with Crippen molar-refractivity contribution in [2.45, 2.75) is 25.9 Å². The summed E-state index contributed by atoms with van der Waals surface area (Å²) in [6.07, 6.45) is 2.39. The second-order valence-electron chi connectivity index (χ2n) is 4.78. The van der Waals surface area contributed by atoms with E-state index < -0.39 is 0 Å². The number of amides is 1. The molecule has 5 heteroatoms. The van der Waals surface area contributed by atoms with E-state index in [9.17, 15) is 4.79 Å². The van der Waals surface area contributed by atoms with Gasteiger partial charge in [-0.05, 0) is 31.9 Å². The zero-order chi connectivity index (χ0) is 14.2. The summed E-state index contributed by atoms with van der Waals surface area (Å²) in [5.41, 5.74) is 0.876. The van der Waals surface area contributed by atoms with Gasteiger partial charge in [0.1, 0.15) is 12.4 Å². The maximum absolute atomic E-state index is 11.4. The van der Waals surface area contributed by atoms with E-state index in [4.69, 9.17) is 9.47 Å². The summed E-state index contributed by atoms with van der Waals surface area (Å²) in [6, 6.07) is 7.63. The van der Waals surface area contributed by atoms with Gasteiger partial charge in [-0.2, -0.15) is 0 Å². The fraction of sp³-hybridized carbons (Fsp3) is 0.533. The van der Waals surface area contributed by atoms with Crippen molar-refractivity contribution in [3.05, 3.63) is 24.3 Å². The molecule has 2 N–H and O–H groups in total. The molecular formula is C15H22N2O3. The van der Waals surface area contributed by atoms with Crippen LogP contribution in [0.2, 0.25) is 0 Å². The predicted octanol–water partition coefficient (Wildman–Crippen LogP) is 1.79. The molecule has 0 aromatic heterocycles. The minimum absolute atomic E-state index is 0.0156. The molecule has 1 fully saturated rings. The van der Waals surface area contributed by atoms with Crippen molar-refractivity contribution in [2.24, 2.45) is 0 Å². The third-order valence-electron chi connectivity index (χ3n) is 3.12. The van der Waals surface area contributed by atoms with Gasteiger partial charge in [-0.1, -0.05) is 6.07 Å². The minimum atomic E-state index is -0.0156. The Labute approximate surface area is 119 Å². The fourth-order valence-corrected chi connectivity index (χ4v) is 2.10. The van der Waals surface area contributed by atoms with Crippen molar-refractivity contribution in [1.29, 1.82) is 0 Å². The molecule has 1 atom stereocenters. The first-order valence-corrected chi connectivity index (χ1v) is 7.13. The summed E-state index contributed by atoms with van der Waals surface area (Å²) in [5.74, 6) is 0.777. The van der Waals surface area contributed by atoms with Gasteiger partial charge in [-0.15, -0.1) is 0 Å². The quantitative estimate of drug-likeness (QED) is 0.798. The van der Waals surface area contributed by atoms with Crippen LogP contribution in [0.25, 0.3) is 0 Å². The normalized spacial score (nSPS) is 17.8. The number of carbonyl (C=O) groups is 1. The van der Waals surface area contributed by atoms with E-state index in [-0.39, 0.29) is 18.6 Å². The van der Waals surface area contributed by atoms with E-state index in [0.717, 1.165) is 30.9 Å². The lowest BCUT2D eigenvalue weighted by Gasteiger charge is -2.13. The zero-order valence-electron chi connectivity index (χ0n) is 11.9. The number of nitrogens with one attached hydrogen (secondary N) is 2. The highest BCUT2D eigenvalue weighted by Crippen LogP contribution is 2.19. The highest BCUT2D eigenvalue weighted by molar-refractivity contribution is 5.80. The summed E-state index contributed by atoms with van der Waals surface area (Å²) >= 11 is 0. The van der Waals surface area contributed by atoms with Crippen molar-refractivity contribution in [2.75, 3.05) is 31.6 Å². The van der Waals surface area contributed by atoms with Gasteiger partial charge in [0.05, 0.1) is 12.6 Å². The van der Waals surface area contributed by atoms with Gasteiger partial charge in [0.15, 0.2) is 0 Å². The summed E-state index contributed by atoms with van der Waals surface area (Å²) in [7, 11) is 0. The lowest BCUT2D eigenvalue weighted by molar-refractivity contribution is -0.119. The Morgan fingerprint density at radius 2 is 2.40 bits per heavy atom. The molecule has 1 aromatic carbocycles. The van der Waals surface area contributed by atoms with Crippen LogP contribution < -0.4 is 15.4 Å². The van der Waals surface area contributed by atoms with Crippen molar-refractivity contribution in [3.63, 3.8) is 0 Å². The Bertz CT molecular complexity index is 431. The minimum Gasteiger partial charge on any atom is -0.491 e. The number of anilines is 1. The van der Waals surface area contributed by atoms with E-state index >= 15 is 0 Å². The highest BCUT2D eigenvalue weighted by atomic mass is 16.5. The first-order valence-electron chi connectivity index (χ1n) is 7.13. The van der Waals surface area contributed by atoms with Crippen LogP contribution in [0.3, 0.4) is 0 Å². The Hall–Kier alpha value is -1.75. The molecule has 2 rings (SSSR count). The Morgan fingerprint density at radius 1 is 1.50 bits per heavy atom. The first-order chi connectivity index (χ1) is 9.78. The molecule has 1 aliphatic heterocycles. The highest BCUT2D eigenvalue weighted by Gasteiger charge is 2.15. The lowest BCUT2D eigenvalue weighted by atomic mass is 10.2. The SMILES string of the molecule is CCNC(=O)CNc1cccc(OCC2CCCO2)c1. The second-order valence-corrected chi connectivity index (χ2v) is 4.78. The molecule has 1 heterocycles. The zero-order valence-corrected chi connectivity index (χ0v) is 11.9. The number of likely N-dealkylation sites (N-methyl/N-ethyl adjacent to an activating group) is 1. The molecule has 110 valence electrons. The molecule has 1 aromatic rings. The van der Waals surface area contributed by atoms with Gasteiger partial charge in [-0.25, -0.2) is 0 Å². The predicted molar refractivity (Wildman–Crippen MR) is 78.1 cm³/mol. The number of hydrogen-bond donors (Lipinski definition) is 2. The van der Waals surface area contributed by atoms with Crippen LogP contribution in [0.15, 0.2) is 24.3 Å². The van der Waals surface area contributed by atoms with E-state index in [0.29, 0.717) is 13.2 Å². The van der Waals surface area contributed by atoms with Gasteiger partial charge < -0.3 is 20.1 Å². The van der Waals surface area contributed by atoms with Gasteiger partial charge in [0.2, 0.25) is 5.91 Å². The monoisotopic (exact) mass is 278 g/mol. The number of benzene rings is 1. The molecule has 20 heavy (non-hydrogen) atoms. The largest absolute Gasteiger partial charge is 0.491 e. The van der Waals surface area contributed by atoms with E-state index in [2.05, 4.69) is 10.6 Å². The van der Waals surface area contributed by atoms with Crippen LogP contribution in [0.5, 0.6) is 5.75 Å². The fourth-order valence-electron chi connectivity index (χ4n) is 2.10. The maximum Gasteiger partial charge on any atom is 0.239 e. The Kier molecular flexibility index (Phi) is 5.68. The molecule has 0 aliphatic carbocycles. The van der Waals surface area contributed by atoms with Crippen LogP contribution >= 0.6 is 0 Å². The van der Waals surface area contributed by atoms with Gasteiger partial charge in [0, 0.05) is 24.9 Å². The van der Waals surface area contributed by atoms with Crippen molar-refractivity contribution >= 4 is 11.6 Å². The van der Waals surface area contributed by atoms with Crippen molar-refractivity contribution < 1.29 is 14.3 Å². The van der Waals surface area contributed by atoms with Gasteiger partial charge in [-0.3, -0.25) is 4.79 Å². The number of ether oxygens (including phenoxy) is 2. The van der Waals surface area contributed by atoms with E-state index in [1.807, 2.05) is 31.2 Å². The topological polar surface area (TPSA) is 59.6 Å². The summed E-state index contributed by atoms with van der Waals surface area (Å²) in [4.78, 5) is 11.4. The van der Waals surface area contributed by atoms with Crippen LogP contribution in [-0.2, 0) is 9.53 Å². The number of carbonyl (C=O) groups excluding carboxylic acids is 1. The van der Waals surface area contributed by atoms with Crippen molar-refractivity contribution in [3.8, 4) is 5.75 Å². The average Bonchev–Trinajstić information content (AvgIpc) is 2.97. The first kappa shape index (κ1) is 14.7. The molecule has 1 aliphatic rings. The second kappa shape index (κ2) is 7.75. The third kappa shape index (κ3) is 4.74. The van der Waals surface area contributed by atoms with Gasteiger partial charge >= 0.3 is 0 Å². The summed E-state index contributed by atoms with van der Waals surface area (Å²) in [6.45, 7) is 4.23. The van der Waals surface area contributed by atoms with Crippen molar-refractivity contribution in [1.82, 2.24) is 5.32 Å². The van der Waals surface area contributed by atoms with Crippen LogP contribution in [0, 0.1) is 0 Å². The molecule has 5 nitrogen and oxygen atoms in total. The van der Waals surface area contributed by atoms with E-state index in [1.165, 1.54) is 0 Å². The van der Waals surface area contributed by atoms with Crippen LogP contribution in [0.4, 0.5) is 5.69 Å². The van der Waals surface area contributed by atoms with Crippen LogP contribution in [0.1, 0.15) is 19.8 Å². The molecule has 1 unspecified atom stereocenters. The summed E-state index contributed by atoms with van der Waals surface area (Å²) < 4.78 is 11.2. The molecule has 1 saturated heterocycles. The van der Waals surface area contributed by atoms with Crippen LogP contribution in [-0.4, -0.2) is 38.3 Å². The lowest BCUT2D eigenvalue weighted by Crippen LogP contribution is -2.29. The molecular weight excluding hydrogens is 256 g/mol. The molecule has 1 amide bonds. The summed E-state index contributed by atoms with van der Waals surface area (Å²) in [5, 5.41) is 5.82. The molecule has 0 saturated carbocycles. The van der Waals surface area contributed by atoms with E-state index in [1.54, 1.807) is 0 Å². The molecule has 0 radical (unpaired) electrons. The average molecular weight is 278 g/mol. The Morgan fingerprint density at radius 3 is 3.15 bits per heavy atom. The smallest absolute Gasteiger partial charge is 0.239 e.